The number of aliphatic hydroxyl groups is 1. The molecule has 126 valence electrons. The van der Waals surface area contributed by atoms with Gasteiger partial charge in [-0.25, -0.2) is 0 Å². The maximum absolute atomic E-state index is 11.3. The van der Waals surface area contributed by atoms with Gasteiger partial charge in [-0.15, -0.1) is 0 Å². The third-order valence-corrected chi connectivity index (χ3v) is 3.62. The highest BCUT2D eigenvalue weighted by Crippen LogP contribution is 2.11. The van der Waals surface area contributed by atoms with Crippen LogP contribution >= 0.6 is 0 Å². The van der Waals surface area contributed by atoms with Gasteiger partial charge in [0.15, 0.2) is 0 Å². The summed E-state index contributed by atoms with van der Waals surface area (Å²) in [5.74, 6) is -0.0862. The van der Waals surface area contributed by atoms with Crippen molar-refractivity contribution < 1.29 is 14.6 Å². The van der Waals surface area contributed by atoms with Gasteiger partial charge in [0.05, 0.1) is 13.2 Å². The van der Waals surface area contributed by atoms with Crippen molar-refractivity contribution in [2.24, 2.45) is 0 Å². The summed E-state index contributed by atoms with van der Waals surface area (Å²) in [7, 11) is 0. The molecule has 4 nitrogen and oxygen atoms in total. The summed E-state index contributed by atoms with van der Waals surface area (Å²) in [4.78, 5) is 11.3. The highest BCUT2D eigenvalue weighted by Gasteiger charge is 2.08. The Bertz CT molecular complexity index is 234. The third kappa shape index (κ3) is 14.1. The number of hydrogen-bond acceptors (Lipinski definition) is 4. The molecule has 21 heavy (non-hydrogen) atoms. The normalized spacial score (nSPS) is 12.3. The maximum Gasteiger partial charge on any atom is 0.305 e. The zero-order valence-corrected chi connectivity index (χ0v) is 14.0. The van der Waals surface area contributed by atoms with Gasteiger partial charge in [0.2, 0.25) is 0 Å². The smallest absolute Gasteiger partial charge is 0.305 e. The molecular weight excluding hydrogens is 266 g/mol. The van der Waals surface area contributed by atoms with E-state index in [0.717, 1.165) is 25.7 Å². The summed E-state index contributed by atoms with van der Waals surface area (Å²) < 4.78 is 5.18. The van der Waals surface area contributed by atoms with Crippen molar-refractivity contribution in [3.63, 3.8) is 0 Å². The van der Waals surface area contributed by atoms with Crippen LogP contribution < -0.4 is 5.32 Å². The first kappa shape index (κ1) is 20.4. The first-order valence-corrected chi connectivity index (χ1v) is 8.74. The summed E-state index contributed by atoms with van der Waals surface area (Å²) in [6.45, 7) is 5.55. The predicted octanol–water partition coefficient (Wildman–Crippen LogP) is 3.42. The molecule has 0 spiro atoms. The molecule has 1 unspecified atom stereocenters. The Morgan fingerprint density at radius 1 is 1.05 bits per heavy atom. The molecule has 0 bridgehead atoms. The second kappa shape index (κ2) is 15.8. The predicted molar refractivity (Wildman–Crippen MR) is 87.4 cm³/mol. The first-order chi connectivity index (χ1) is 10.2. The fourth-order valence-electron chi connectivity index (χ4n) is 2.40. The number of carbonyl (C=O) groups excluding carboxylic acids is 1. The number of aliphatic hydroxyl groups excluding tert-OH is 1. The molecule has 0 heterocycles. The van der Waals surface area contributed by atoms with Crippen LogP contribution in [0.2, 0.25) is 0 Å². The average Bonchev–Trinajstić information content (AvgIpc) is 2.48. The molecule has 2 N–H and O–H groups in total. The fraction of sp³-hybridized carbons (Fsp3) is 0.941. The molecular formula is C17H35NO3. The van der Waals surface area contributed by atoms with Crippen LogP contribution in [-0.2, 0) is 9.53 Å². The highest BCUT2D eigenvalue weighted by molar-refractivity contribution is 5.69. The Hall–Kier alpha value is -0.610. The lowest BCUT2D eigenvalue weighted by molar-refractivity contribution is -0.143. The standard InChI is InChI=1S/C17H35NO3/c1-3-5-6-7-8-11-16(18-13-14-19)12-9-15-21-17(20)10-4-2/h16,18-19H,3-15H2,1-2H3. The van der Waals surface area contributed by atoms with E-state index in [4.69, 9.17) is 9.84 Å². The quantitative estimate of drug-likeness (QED) is 0.359. The van der Waals surface area contributed by atoms with Crippen LogP contribution in [0.5, 0.6) is 0 Å². The van der Waals surface area contributed by atoms with Crippen LogP contribution in [0, 0.1) is 0 Å². The van der Waals surface area contributed by atoms with Crippen molar-refractivity contribution >= 4 is 5.97 Å². The average molecular weight is 301 g/mol. The molecule has 1 atom stereocenters. The second-order valence-electron chi connectivity index (χ2n) is 5.69. The second-order valence-corrected chi connectivity index (χ2v) is 5.69. The zero-order valence-electron chi connectivity index (χ0n) is 14.0. The Morgan fingerprint density at radius 3 is 2.43 bits per heavy atom. The minimum absolute atomic E-state index is 0.0862. The Labute approximate surface area is 130 Å². The summed E-state index contributed by atoms with van der Waals surface area (Å²) in [5, 5.41) is 12.3. The first-order valence-electron chi connectivity index (χ1n) is 8.74. The Kier molecular flexibility index (Phi) is 15.3. The number of ether oxygens (including phenoxy) is 1. The number of nitrogens with one attached hydrogen (secondary N) is 1. The van der Waals surface area contributed by atoms with Crippen molar-refractivity contribution in [3.8, 4) is 0 Å². The van der Waals surface area contributed by atoms with Crippen molar-refractivity contribution in [2.45, 2.75) is 84.1 Å². The van der Waals surface area contributed by atoms with E-state index in [1.807, 2.05) is 6.92 Å². The molecule has 0 aromatic heterocycles. The van der Waals surface area contributed by atoms with Gasteiger partial charge in [-0.2, -0.15) is 0 Å². The lowest BCUT2D eigenvalue weighted by atomic mass is 10.0. The van der Waals surface area contributed by atoms with Crippen LogP contribution in [0.4, 0.5) is 0 Å². The number of esters is 1. The molecule has 0 aromatic carbocycles. The van der Waals surface area contributed by atoms with E-state index in [1.54, 1.807) is 0 Å². The lowest BCUT2D eigenvalue weighted by Crippen LogP contribution is -2.31. The van der Waals surface area contributed by atoms with Crippen LogP contribution in [0.3, 0.4) is 0 Å². The van der Waals surface area contributed by atoms with Crippen molar-refractivity contribution in [3.05, 3.63) is 0 Å². The molecule has 0 saturated carbocycles. The molecule has 4 heteroatoms. The van der Waals surface area contributed by atoms with E-state index in [0.29, 0.717) is 25.6 Å². The minimum atomic E-state index is -0.0862. The molecule has 0 radical (unpaired) electrons. The van der Waals surface area contributed by atoms with Gasteiger partial charge in [0.1, 0.15) is 0 Å². The molecule has 0 aliphatic rings. The summed E-state index contributed by atoms with van der Waals surface area (Å²) in [5.41, 5.74) is 0. The van der Waals surface area contributed by atoms with E-state index >= 15 is 0 Å². The maximum atomic E-state index is 11.3. The van der Waals surface area contributed by atoms with E-state index in [9.17, 15) is 4.79 Å². The van der Waals surface area contributed by atoms with Gasteiger partial charge < -0.3 is 15.2 Å². The SMILES string of the molecule is CCCCCCCC(CCCOC(=O)CCC)NCCO. The van der Waals surface area contributed by atoms with Gasteiger partial charge in [-0.1, -0.05) is 46.0 Å². The summed E-state index contributed by atoms with van der Waals surface area (Å²) in [6, 6.07) is 0.434. The van der Waals surface area contributed by atoms with Gasteiger partial charge in [-0.3, -0.25) is 4.79 Å². The van der Waals surface area contributed by atoms with Crippen LogP contribution in [0.1, 0.15) is 78.1 Å². The van der Waals surface area contributed by atoms with Crippen LogP contribution in [0.25, 0.3) is 0 Å². The number of unbranched alkanes of at least 4 members (excludes halogenated alkanes) is 4. The Balaban J connectivity index is 3.71. The van der Waals surface area contributed by atoms with Crippen LogP contribution in [-0.4, -0.2) is 36.9 Å². The molecule has 0 saturated heterocycles. The van der Waals surface area contributed by atoms with Gasteiger partial charge >= 0.3 is 5.97 Å². The van der Waals surface area contributed by atoms with E-state index in [1.165, 1.54) is 32.1 Å². The largest absolute Gasteiger partial charge is 0.466 e. The van der Waals surface area contributed by atoms with Gasteiger partial charge in [-0.05, 0) is 25.7 Å². The summed E-state index contributed by atoms with van der Waals surface area (Å²) in [6.07, 6.45) is 10.8. The molecule has 0 aliphatic heterocycles. The molecule has 0 rings (SSSR count). The van der Waals surface area contributed by atoms with Gasteiger partial charge in [0.25, 0.3) is 0 Å². The molecule has 0 aromatic rings. The molecule has 0 amide bonds. The number of hydrogen-bond donors (Lipinski definition) is 2. The minimum Gasteiger partial charge on any atom is -0.466 e. The number of carbonyl (C=O) groups is 1. The highest BCUT2D eigenvalue weighted by atomic mass is 16.5. The summed E-state index contributed by atoms with van der Waals surface area (Å²) >= 11 is 0. The molecule has 0 fully saturated rings. The Morgan fingerprint density at radius 2 is 1.76 bits per heavy atom. The molecule has 0 aliphatic carbocycles. The van der Waals surface area contributed by atoms with E-state index in [-0.39, 0.29) is 12.6 Å². The van der Waals surface area contributed by atoms with Crippen molar-refractivity contribution in [1.29, 1.82) is 0 Å². The van der Waals surface area contributed by atoms with Gasteiger partial charge in [0, 0.05) is 19.0 Å². The topological polar surface area (TPSA) is 58.6 Å². The van der Waals surface area contributed by atoms with E-state index < -0.39 is 0 Å². The number of rotatable bonds is 15. The zero-order chi connectivity index (χ0) is 15.8. The van der Waals surface area contributed by atoms with Crippen molar-refractivity contribution in [2.75, 3.05) is 19.8 Å². The fourth-order valence-corrected chi connectivity index (χ4v) is 2.40. The van der Waals surface area contributed by atoms with Crippen molar-refractivity contribution in [1.82, 2.24) is 5.32 Å². The lowest BCUT2D eigenvalue weighted by Gasteiger charge is -2.18. The van der Waals surface area contributed by atoms with E-state index in [2.05, 4.69) is 12.2 Å². The third-order valence-electron chi connectivity index (χ3n) is 3.62. The monoisotopic (exact) mass is 301 g/mol. The van der Waals surface area contributed by atoms with Crippen LogP contribution in [0.15, 0.2) is 0 Å².